The molecular weight excluding hydrogens is 296 g/mol. The summed E-state index contributed by atoms with van der Waals surface area (Å²) in [5.74, 6) is 0.552. The lowest BCUT2D eigenvalue weighted by atomic mass is 10.2. The molecule has 1 aromatic carbocycles. The molecule has 20 heavy (non-hydrogen) atoms. The summed E-state index contributed by atoms with van der Waals surface area (Å²) in [6.07, 6.45) is 1.09. The predicted octanol–water partition coefficient (Wildman–Crippen LogP) is 4.49. The minimum atomic E-state index is -0.434. The van der Waals surface area contributed by atoms with Gasteiger partial charge in [0.15, 0.2) is 5.82 Å². The molecule has 1 aliphatic rings. The molecule has 0 atom stereocenters. The van der Waals surface area contributed by atoms with Gasteiger partial charge in [-0.25, -0.2) is 14.7 Å². The number of halogens is 1. The zero-order chi connectivity index (χ0) is 14.1. The molecule has 0 saturated heterocycles. The number of benzene rings is 1. The highest BCUT2D eigenvalue weighted by molar-refractivity contribution is 7.99. The second-order valence-electron chi connectivity index (χ2n) is 4.08. The first-order chi connectivity index (χ1) is 9.70. The van der Waals surface area contributed by atoms with Gasteiger partial charge in [-0.2, -0.15) is 0 Å². The number of ether oxygens (including phenoxy) is 1. The van der Waals surface area contributed by atoms with E-state index >= 15 is 0 Å². The van der Waals surface area contributed by atoms with Crippen LogP contribution in [0.3, 0.4) is 0 Å². The van der Waals surface area contributed by atoms with Crippen molar-refractivity contribution in [2.75, 3.05) is 11.5 Å². The van der Waals surface area contributed by atoms with Gasteiger partial charge < -0.3 is 4.74 Å². The number of carbonyl (C=O) groups is 1. The van der Waals surface area contributed by atoms with Crippen LogP contribution in [-0.2, 0) is 4.74 Å². The Balaban J connectivity index is 2.15. The first-order valence-electron chi connectivity index (χ1n) is 6.10. The van der Waals surface area contributed by atoms with Gasteiger partial charge >= 0.3 is 6.09 Å². The maximum Gasteiger partial charge on any atom is 0.420 e. The van der Waals surface area contributed by atoms with E-state index in [0.717, 1.165) is 15.5 Å². The number of anilines is 2. The lowest BCUT2D eigenvalue weighted by molar-refractivity contribution is 0.162. The van der Waals surface area contributed by atoms with Crippen LogP contribution in [0.4, 0.5) is 16.3 Å². The molecule has 6 heteroatoms. The monoisotopic (exact) mass is 306 g/mol. The number of fused-ring (bicyclic) bond motifs is 2. The summed E-state index contributed by atoms with van der Waals surface area (Å²) >= 11 is 7.52. The van der Waals surface area contributed by atoms with Gasteiger partial charge in [0.2, 0.25) is 0 Å². The lowest BCUT2D eigenvalue weighted by Gasteiger charge is -2.28. The van der Waals surface area contributed by atoms with E-state index in [1.54, 1.807) is 13.0 Å². The van der Waals surface area contributed by atoms with Crippen molar-refractivity contribution in [3.05, 3.63) is 41.6 Å². The van der Waals surface area contributed by atoms with Gasteiger partial charge in [0.05, 0.1) is 22.2 Å². The van der Waals surface area contributed by atoms with E-state index in [-0.39, 0.29) is 0 Å². The number of carbonyl (C=O) groups excluding carboxylic acids is 1. The second kappa shape index (κ2) is 5.34. The Morgan fingerprint density at radius 2 is 2.20 bits per heavy atom. The van der Waals surface area contributed by atoms with Crippen molar-refractivity contribution >= 4 is 41.0 Å². The van der Waals surface area contributed by atoms with Crippen LogP contribution in [0.2, 0.25) is 5.02 Å². The molecule has 0 bridgehead atoms. The van der Waals surface area contributed by atoms with E-state index in [4.69, 9.17) is 16.3 Å². The Hall–Kier alpha value is -1.72. The SMILES string of the molecule is CCOC(=O)N1c2ccccc2Sc2cc(Cl)cnc21. The average Bonchev–Trinajstić information content (AvgIpc) is 2.44. The van der Waals surface area contributed by atoms with E-state index < -0.39 is 6.09 Å². The molecule has 1 aromatic heterocycles. The summed E-state index contributed by atoms with van der Waals surface area (Å²) in [6, 6.07) is 9.44. The fourth-order valence-electron chi connectivity index (χ4n) is 1.99. The highest BCUT2D eigenvalue weighted by Gasteiger charge is 2.30. The Kier molecular flexibility index (Phi) is 3.54. The number of para-hydroxylation sites is 1. The molecule has 0 radical (unpaired) electrons. The van der Waals surface area contributed by atoms with Crippen LogP contribution in [0.5, 0.6) is 0 Å². The Labute approximate surface area is 125 Å². The largest absolute Gasteiger partial charge is 0.449 e. The van der Waals surface area contributed by atoms with Crippen molar-refractivity contribution in [2.45, 2.75) is 16.7 Å². The number of pyridine rings is 1. The molecule has 1 aliphatic heterocycles. The molecule has 1 amide bonds. The standard InChI is InChI=1S/C14H11ClN2O2S/c1-2-19-14(18)17-10-5-3-4-6-11(10)20-12-7-9(15)8-16-13(12)17/h3-8H,2H2,1H3. The van der Waals surface area contributed by atoms with E-state index in [1.807, 2.05) is 24.3 Å². The number of hydrogen-bond acceptors (Lipinski definition) is 4. The molecule has 2 heterocycles. The fraction of sp³-hybridized carbons (Fsp3) is 0.143. The Morgan fingerprint density at radius 1 is 1.40 bits per heavy atom. The van der Waals surface area contributed by atoms with Gasteiger partial charge in [-0.3, -0.25) is 0 Å². The molecule has 0 N–H and O–H groups in total. The fourth-order valence-corrected chi connectivity index (χ4v) is 3.28. The number of amides is 1. The number of nitrogens with zero attached hydrogens (tertiary/aromatic N) is 2. The maximum absolute atomic E-state index is 12.2. The maximum atomic E-state index is 12.2. The number of rotatable bonds is 1. The van der Waals surface area contributed by atoms with Gasteiger partial charge in [-0.05, 0) is 25.1 Å². The zero-order valence-electron chi connectivity index (χ0n) is 10.7. The summed E-state index contributed by atoms with van der Waals surface area (Å²) in [7, 11) is 0. The van der Waals surface area contributed by atoms with Gasteiger partial charge in [0, 0.05) is 11.1 Å². The molecule has 3 rings (SSSR count). The van der Waals surface area contributed by atoms with Crippen LogP contribution in [-0.4, -0.2) is 17.7 Å². The van der Waals surface area contributed by atoms with Crippen LogP contribution in [0.15, 0.2) is 46.3 Å². The third-order valence-electron chi connectivity index (χ3n) is 2.79. The highest BCUT2D eigenvalue weighted by atomic mass is 35.5. The van der Waals surface area contributed by atoms with Crippen LogP contribution < -0.4 is 4.90 Å². The molecule has 4 nitrogen and oxygen atoms in total. The summed E-state index contributed by atoms with van der Waals surface area (Å²) in [4.78, 5) is 19.8. The number of aromatic nitrogens is 1. The first kappa shape index (κ1) is 13.3. The van der Waals surface area contributed by atoms with Crippen molar-refractivity contribution in [3.63, 3.8) is 0 Å². The third-order valence-corrected chi connectivity index (χ3v) is 4.08. The molecule has 0 saturated carbocycles. The smallest absolute Gasteiger partial charge is 0.420 e. The van der Waals surface area contributed by atoms with Gasteiger partial charge in [0.25, 0.3) is 0 Å². The normalized spacial score (nSPS) is 12.6. The van der Waals surface area contributed by atoms with Crippen molar-refractivity contribution in [1.29, 1.82) is 0 Å². The lowest BCUT2D eigenvalue weighted by Crippen LogP contribution is -2.29. The zero-order valence-corrected chi connectivity index (χ0v) is 12.2. The summed E-state index contributed by atoms with van der Waals surface area (Å²) < 4.78 is 5.13. The molecular formula is C14H11ClN2O2S. The minimum Gasteiger partial charge on any atom is -0.449 e. The topological polar surface area (TPSA) is 42.4 Å². The van der Waals surface area contributed by atoms with Crippen molar-refractivity contribution in [2.24, 2.45) is 0 Å². The molecule has 2 aromatic rings. The average molecular weight is 307 g/mol. The molecule has 0 aliphatic carbocycles. The van der Waals surface area contributed by atoms with E-state index in [0.29, 0.717) is 17.4 Å². The van der Waals surface area contributed by atoms with E-state index in [2.05, 4.69) is 4.98 Å². The van der Waals surface area contributed by atoms with Crippen molar-refractivity contribution in [1.82, 2.24) is 4.98 Å². The number of hydrogen-bond donors (Lipinski definition) is 0. The molecule has 0 unspecified atom stereocenters. The van der Waals surface area contributed by atoms with E-state index in [1.165, 1.54) is 22.9 Å². The van der Waals surface area contributed by atoms with Gasteiger partial charge in [-0.15, -0.1) is 0 Å². The summed E-state index contributed by atoms with van der Waals surface area (Å²) in [6.45, 7) is 2.09. The third kappa shape index (κ3) is 2.23. The molecule has 0 spiro atoms. The van der Waals surface area contributed by atoms with Gasteiger partial charge in [-0.1, -0.05) is 35.5 Å². The van der Waals surface area contributed by atoms with Crippen molar-refractivity contribution < 1.29 is 9.53 Å². The molecule has 102 valence electrons. The van der Waals surface area contributed by atoms with Gasteiger partial charge in [0.1, 0.15) is 0 Å². The highest BCUT2D eigenvalue weighted by Crippen LogP contribution is 2.47. The quantitative estimate of drug-likeness (QED) is 0.778. The Bertz CT molecular complexity index is 678. The predicted molar refractivity (Wildman–Crippen MR) is 79.0 cm³/mol. The molecule has 0 fully saturated rings. The second-order valence-corrected chi connectivity index (χ2v) is 5.60. The van der Waals surface area contributed by atoms with Crippen molar-refractivity contribution in [3.8, 4) is 0 Å². The van der Waals surface area contributed by atoms with Crippen LogP contribution in [0.1, 0.15) is 6.92 Å². The summed E-state index contributed by atoms with van der Waals surface area (Å²) in [5, 5.41) is 0.541. The Morgan fingerprint density at radius 3 is 3.00 bits per heavy atom. The van der Waals surface area contributed by atoms with Crippen LogP contribution in [0, 0.1) is 0 Å². The van der Waals surface area contributed by atoms with Crippen LogP contribution in [0.25, 0.3) is 0 Å². The minimum absolute atomic E-state index is 0.313. The summed E-state index contributed by atoms with van der Waals surface area (Å²) in [5.41, 5.74) is 0.776. The van der Waals surface area contributed by atoms with Crippen LogP contribution >= 0.6 is 23.4 Å². The first-order valence-corrected chi connectivity index (χ1v) is 7.29. The van der Waals surface area contributed by atoms with E-state index in [9.17, 15) is 4.79 Å².